The van der Waals surface area contributed by atoms with E-state index in [2.05, 4.69) is 13.8 Å². The largest absolute Gasteiger partial charge is 0.497 e. The Morgan fingerprint density at radius 2 is 1.79 bits per heavy atom. The number of carbonyl (C=O) groups is 1. The van der Waals surface area contributed by atoms with Gasteiger partial charge in [-0.3, -0.25) is 9.69 Å². The molecule has 2 saturated heterocycles. The normalized spacial score (nSPS) is 26.7. The first-order valence-corrected chi connectivity index (χ1v) is 10.0. The number of anilines is 1. The van der Waals surface area contributed by atoms with Crippen LogP contribution in [-0.4, -0.2) is 63.0 Å². The molecule has 1 aromatic carbocycles. The van der Waals surface area contributed by atoms with Crippen molar-refractivity contribution in [2.75, 3.05) is 36.6 Å². The van der Waals surface area contributed by atoms with Crippen LogP contribution in [-0.2, 0) is 14.6 Å². The molecule has 2 aliphatic rings. The molecule has 0 unspecified atom stereocenters. The second kappa shape index (κ2) is 6.37. The second-order valence-electron chi connectivity index (χ2n) is 7.00. The average molecular weight is 352 g/mol. The van der Waals surface area contributed by atoms with Gasteiger partial charge in [0, 0.05) is 18.3 Å². The number of methoxy groups -OCH3 is 1. The number of benzene rings is 1. The molecule has 24 heavy (non-hydrogen) atoms. The first-order chi connectivity index (χ1) is 11.3. The molecule has 1 amide bonds. The number of ether oxygens (including phenoxy) is 1. The molecule has 2 atom stereocenters. The van der Waals surface area contributed by atoms with Crippen LogP contribution in [0.1, 0.15) is 13.8 Å². The topological polar surface area (TPSA) is 66.9 Å². The Morgan fingerprint density at radius 3 is 2.38 bits per heavy atom. The predicted octanol–water partition coefficient (Wildman–Crippen LogP) is 1.17. The van der Waals surface area contributed by atoms with Gasteiger partial charge in [0.2, 0.25) is 5.91 Å². The molecule has 6 nitrogen and oxygen atoms in total. The molecule has 2 fully saturated rings. The number of hydrogen-bond acceptors (Lipinski definition) is 5. The minimum Gasteiger partial charge on any atom is -0.497 e. The number of hydrogen-bond donors (Lipinski definition) is 0. The van der Waals surface area contributed by atoms with Gasteiger partial charge < -0.3 is 9.64 Å². The molecule has 132 valence electrons. The van der Waals surface area contributed by atoms with Gasteiger partial charge in [-0.05, 0) is 30.2 Å². The van der Waals surface area contributed by atoms with Crippen molar-refractivity contribution in [2.45, 2.75) is 25.9 Å². The van der Waals surface area contributed by atoms with E-state index in [4.69, 9.17) is 4.74 Å². The van der Waals surface area contributed by atoms with Crippen LogP contribution in [0.25, 0.3) is 0 Å². The molecule has 0 bridgehead atoms. The number of amides is 1. The highest BCUT2D eigenvalue weighted by Crippen LogP contribution is 2.32. The highest BCUT2D eigenvalue weighted by molar-refractivity contribution is 7.91. The number of fused-ring (bicyclic) bond motifs is 1. The summed E-state index contributed by atoms with van der Waals surface area (Å²) >= 11 is 0. The van der Waals surface area contributed by atoms with Crippen LogP contribution >= 0.6 is 0 Å². The molecule has 2 heterocycles. The molecule has 3 rings (SSSR count). The maximum absolute atomic E-state index is 12.8. The van der Waals surface area contributed by atoms with E-state index in [9.17, 15) is 13.2 Å². The molecule has 0 radical (unpaired) electrons. The molecule has 0 spiro atoms. The lowest BCUT2D eigenvalue weighted by Gasteiger charge is -2.44. The molecule has 0 N–H and O–H groups in total. The smallest absolute Gasteiger partial charge is 0.241 e. The van der Waals surface area contributed by atoms with Gasteiger partial charge >= 0.3 is 0 Å². The molecule has 0 aromatic heterocycles. The summed E-state index contributed by atoms with van der Waals surface area (Å²) in [6, 6.07) is 6.78. The van der Waals surface area contributed by atoms with E-state index < -0.39 is 9.84 Å². The van der Waals surface area contributed by atoms with Crippen molar-refractivity contribution in [1.29, 1.82) is 0 Å². The zero-order valence-electron chi connectivity index (χ0n) is 14.3. The lowest BCUT2D eigenvalue weighted by atomic mass is 10.0. The monoisotopic (exact) mass is 352 g/mol. The van der Waals surface area contributed by atoms with E-state index in [1.54, 1.807) is 24.1 Å². The van der Waals surface area contributed by atoms with Crippen molar-refractivity contribution < 1.29 is 17.9 Å². The van der Waals surface area contributed by atoms with Gasteiger partial charge in [0.1, 0.15) is 5.75 Å². The first-order valence-electron chi connectivity index (χ1n) is 8.21. The fourth-order valence-corrected chi connectivity index (χ4v) is 5.69. The summed E-state index contributed by atoms with van der Waals surface area (Å²) in [5.41, 5.74) is 0.733. The van der Waals surface area contributed by atoms with Crippen molar-refractivity contribution in [3.05, 3.63) is 24.3 Å². The summed E-state index contributed by atoms with van der Waals surface area (Å²) in [6.07, 6.45) is 0. The Morgan fingerprint density at radius 1 is 1.17 bits per heavy atom. The highest BCUT2D eigenvalue weighted by atomic mass is 32.2. The molecule has 0 aliphatic carbocycles. The molecule has 1 aromatic rings. The van der Waals surface area contributed by atoms with Crippen LogP contribution in [0.4, 0.5) is 5.69 Å². The minimum absolute atomic E-state index is 0.0318. The highest BCUT2D eigenvalue weighted by Gasteiger charge is 2.49. The fraction of sp³-hybridized carbons (Fsp3) is 0.588. The Bertz CT molecular complexity index is 715. The summed E-state index contributed by atoms with van der Waals surface area (Å²) in [5.74, 6) is 1.21. The quantitative estimate of drug-likeness (QED) is 0.814. The molecule has 2 aliphatic heterocycles. The standard InChI is InChI=1S/C17H24N2O4S/c1-12(2)8-18-9-17(20)19(13-4-6-14(23-3)7-5-13)16-11-24(21,22)10-15(16)18/h4-7,12,15-16H,8-11H2,1-3H3/t15-,16+/m0/s1. The fourth-order valence-electron chi connectivity index (χ4n) is 3.71. The van der Waals surface area contributed by atoms with Gasteiger partial charge in [0.15, 0.2) is 9.84 Å². The molecule has 0 saturated carbocycles. The third-order valence-electron chi connectivity index (χ3n) is 4.65. The van der Waals surface area contributed by atoms with Crippen LogP contribution in [0.5, 0.6) is 5.75 Å². The summed E-state index contributed by atoms with van der Waals surface area (Å²) in [5, 5.41) is 0. The van der Waals surface area contributed by atoms with Crippen LogP contribution in [0, 0.1) is 5.92 Å². The van der Waals surface area contributed by atoms with Crippen LogP contribution in [0.15, 0.2) is 24.3 Å². The van der Waals surface area contributed by atoms with Crippen LogP contribution < -0.4 is 9.64 Å². The SMILES string of the molecule is COc1ccc(N2C(=O)CN(CC(C)C)[C@H]3CS(=O)(=O)C[C@H]32)cc1. The maximum Gasteiger partial charge on any atom is 0.241 e. The Kier molecular flexibility index (Phi) is 4.57. The van der Waals surface area contributed by atoms with Crippen molar-refractivity contribution in [1.82, 2.24) is 4.90 Å². The number of piperazine rings is 1. The van der Waals surface area contributed by atoms with E-state index in [-0.39, 0.29) is 36.0 Å². The first kappa shape index (κ1) is 17.2. The van der Waals surface area contributed by atoms with Crippen LogP contribution in [0.3, 0.4) is 0 Å². The number of nitrogens with zero attached hydrogens (tertiary/aromatic N) is 2. The lowest BCUT2D eigenvalue weighted by Crippen LogP contribution is -2.62. The molecule has 7 heteroatoms. The van der Waals surface area contributed by atoms with Gasteiger partial charge in [-0.25, -0.2) is 8.42 Å². The zero-order chi connectivity index (χ0) is 17.5. The van der Waals surface area contributed by atoms with Crippen molar-refractivity contribution in [2.24, 2.45) is 5.92 Å². The predicted molar refractivity (Wildman–Crippen MR) is 93.1 cm³/mol. The van der Waals surface area contributed by atoms with Crippen molar-refractivity contribution in [3.63, 3.8) is 0 Å². The Balaban J connectivity index is 1.94. The summed E-state index contributed by atoms with van der Waals surface area (Å²) in [4.78, 5) is 16.5. The zero-order valence-corrected chi connectivity index (χ0v) is 15.1. The minimum atomic E-state index is -3.13. The summed E-state index contributed by atoms with van der Waals surface area (Å²) < 4.78 is 29.6. The van der Waals surface area contributed by atoms with Gasteiger partial charge in [-0.2, -0.15) is 0 Å². The van der Waals surface area contributed by atoms with E-state index >= 15 is 0 Å². The third kappa shape index (κ3) is 3.28. The molecular formula is C17H24N2O4S. The van der Waals surface area contributed by atoms with E-state index in [1.165, 1.54) is 0 Å². The van der Waals surface area contributed by atoms with Crippen molar-refractivity contribution >= 4 is 21.4 Å². The van der Waals surface area contributed by atoms with Crippen molar-refractivity contribution in [3.8, 4) is 5.75 Å². The lowest BCUT2D eigenvalue weighted by molar-refractivity contribution is -0.123. The number of sulfone groups is 1. The number of carbonyl (C=O) groups excluding carboxylic acids is 1. The number of rotatable bonds is 4. The average Bonchev–Trinajstić information content (AvgIpc) is 2.82. The van der Waals surface area contributed by atoms with Gasteiger partial charge in [0.05, 0.1) is 31.2 Å². The van der Waals surface area contributed by atoms with E-state index in [0.717, 1.165) is 12.2 Å². The van der Waals surface area contributed by atoms with Crippen LogP contribution in [0.2, 0.25) is 0 Å². The van der Waals surface area contributed by atoms with E-state index in [1.807, 2.05) is 17.0 Å². The Labute approximate surface area is 143 Å². The van der Waals surface area contributed by atoms with E-state index in [0.29, 0.717) is 11.7 Å². The van der Waals surface area contributed by atoms with Gasteiger partial charge in [-0.15, -0.1) is 0 Å². The second-order valence-corrected chi connectivity index (χ2v) is 9.15. The summed E-state index contributed by atoms with van der Waals surface area (Å²) in [6.45, 7) is 5.16. The van der Waals surface area contributed by atoms with Gasteiger partial charge in [-0.1, -0.05) is 13.8 Å². The Hall–Kier alpha value is -1.60. The summed E-state index contributed by atoms with van der Waals surface area (Å²) in [7, 11) is -1.55. The van der Waals surface area contributed by atoms with Gasteiger partial charge in [0.25, 0.3) is 0 Å². The molecular weight excluding hydrogens is 328 g/mol. The third-order valence-corrected chi connectivity index (χ3v) is 6.35. The maximum atomic E-state index is 12.8.